The van der Waals surface area contributed by atoms with Crippen LogP contribution in [0.1, 0.15) is 39.7 Å². The van der Waals surface area contributed by atoms with Crippen molar-refractivity contribution < 1.29 is 14.3 Å². The molecule has 1 aliphatic rings. The van der Waals surface area contributed by atoms with E-state index in [1.165, 1.54) is 4.88 Å². The maximum absolute atomic E-state index is 12.3. The number of ether oxygens (including phenoxy) is 1. The quantitative estimate of drug-likeness (QED) is 0.852. The Hall–Kier alpha value is -2.65. The van der Waals surface area contributed by atoms with Crippen molar-refractivity contribution in [2.45, 2.75) is 26.2 Å². The molecule has 1 amide bonds. The standard InChI is InChI=1S/C19H18N2O3S/c1-12-2-7-15-16(11-25-17(15)8-12)19(23)24-10-18(22)21-14-5-3-13(9-20)4-6-14/h3-6,11-12H,2,7-8,10H2,1H3,(H,21,22). The van der Waals surface area contributed by atoms with Crippen LogP contribution < -0.4 is 5.32 Å². The topological polar surface area (TPSA) is 79.2 Å². The first-order valence-electron chi connectivity index (χ1n) is 8.13. The molecule has 1 aromatic carbocycles. The van der Waals surface area contributed by atoms with Crippen LogP contribution in [0.5, 0.6) is 0 Å². The number of hydrogen-bond acceptors (Lipinski definition) is 5. The van der Waals surface area contributed by atoms with E-state index in [2.05, 4.69) is 12.2 Å². The second-order valence-corrected chi connectivity index (χ2v) is 7.18. The number of nitriles is 1. The van der Waals surface area contributed by atoms with E-state index < -0.39 is 11.9 Å². The molecule has 1 atom stereocenters. The third-order valence-electron chi connectivity index (χ3n) is 4.25. The van der Waals surface area contributed by atoms with Crippen molar-refractivity contribution in [3.63, 3.8) is 0 Å². The van der Waals surface area contributed by atoms with Crippen LogP contribution in [-0.2, 0) is 22.4 Å². The lowest BCUT2D eigenvalue weighted by molar-refractivity contribution is -0.119. The van der Waals surface area contributed by atoms with Crippen LogP contribution in [0.25, 0.3) is 0 Å². The Kier molecular flexibility index (Phi) is 5.15. The van der Waals surface area contributed by atoms with Gasteiger partial charge in [-0.3, -0.25) is 4.79 Å². The molecule has 6 heteroatoms. The van der Waals surface area contributed by atoms with Gasteiger partial charge in [-0.1, -0.05) is 6.92 Å². The summed E-state index contributed by atoms with van der Waals surface area (Å²) < 4.78 is 5.16. The predicted molar refractivity (Wildman–Crippen MR) is 95.6 cm³/mol. The van der Waals surface area contributed by atoms with Gasteiger partial charge >= 0.3 is 5.97 Å². The summed E-state index contributed by atoms with van der Waals surface area (Å²) in [7, 11) is 0. The van der Waals surface area contributed by atoms with E-state index in [4.69, 9.17) is 10.00 Å². The molecule has 0 bridgehead atoms. The molecule has 1 aromatic heterocycles. The number of anilines is 1. The fraction of sp³-hybridized carbons (Fsp3) is 0.316. The van der Waals surface area contributed by atoms with Crippen LogP contribution in [0.4, 0.5) is 5.69 Å². The summed E-state index contributed by atoms with van der Waals surface area (Å²) in [6.07, 6.45) is 2.97. The van der Waals surface area contributed by atoms with Crippen LogP contribution >= 0.6 is 11.3 Å². The maximum Gasteiger partial charge on any atom is 0.339 e. The molecule has 3 rings (SSSR count). The number of hydrogen-bond donors (Lipinski definition) is 1. The molecule has 5 nitrogen and oxygen atoms in total. The van der Waals surface area contributed by atoms with E-state index in [0.717, 1.165) is 24.8 Å². The number of carbonyl (C=O) groups is 2. The highest BCUT2D eigenvalue weighted by atomic mass is 32.1. The van der Waals surface area contributed by atoms with Crippen molar-refractivity contribution in [2.24, 2.45) is 5.92 Å². The molecule has 0 aliphatic heterocycles. The van der Waals surface area contributed by atoms with Crippen molar-refractivity contribution in [1.82, 2.24) is 0 Å². The number of carbonyl (C=O) groups excluding carboxylic acids is 2. The van der Waals surface area contributed by atoms with E-state index in [0.29, 0.717) is 22.7 Å². The van der Waals surface area contributed by atoms with Crippen LogP contribution in [0.15, 0.2) is 29.6 Å². The Balaban J connectivity index is 1.55. The summed E-state index contributed by atoms with van der Waals surface area (Å²) in [6.45, 7) is 1.88. The zero-order valence-electron chi connectivity index (χ0n) is 13.9. The third kappa shape index (κ3) is 4.06. The summed E-state index contributed by atoms with van der Waals surface area (Å²) in [5, 5.41) is 13.2. The molecule has 25 heavy (non-hydrogen) atoms. The van der Waals surface area contributed by atoms with Gasteiger partial charge in [0.25, 0.3) is 5.91 Å². The summed E-state index contributed by atoms with van der Waals surface area (Å²) in [5.74, 6) is -0.203. The molecule has 0 fully saturated rings. The van der Waals surface area contributed by atoms with Crippen molar-refractivity contribution in [1.29, 1.82) is 5.26 Å². The predicted octanol–water partition coefficient (Wildman–Crippen LogP) is 3.54. The van der Waals surface area contributed by atoms with Gasteiger partial charge in [-0.25, -0.2) is 4.79 Å². The Morgan fingerprint density at radius 1 is 1.36 bits per heavy atom. The minimum Gasteiger partial charge on any atom is -0.452 e. The van der Waals surface area contributed by atoms with E-state index in [1.807, 2.05) is 11.4 Å². The van der Waals surface area contributed by atoms with Gasteiger partial charge in [0.2, 0.25) is 0 Å². The van der Waals surface area contributed by atoms with Crippen molar-refractivity contribution in [2.75, 3.05) is 11.9 Å². The van der Waals surface area contributed by atoms with E-state index in [9.17, 15) is 9.59 Å². The van der Waals surface area contributed by atoms with Gasteiger partial charge < -0.3 is 10.1 Å². The first-order valence-corrected chi connectivity index (χ1v) is 9.01. The summed E-state index contributed by atoms with van der Waals surface area (Å²) in [6, 6.07) is 8.50. The summed E-state index contributed by atoms with van der Waals surface area (Å²) in [5.41, 5.74) is 2.75. The van der Waals surface area contributed by atoms with Gasteiger partial charge in [0.05, 0.1) is 17.2 Å². The van der Waals surface area contributed by atoms with E-state index >= 15 is 0 Å². The number of benzene rings is 1. The minimum absolute atomic E-state index is 0.333. The fourth-order valence-corrected chi connectivity index (χ4v) is 4.12. The number of fused-ring (bicyclic) bond motifs is 1. The Morgan fingerprint density at radius 2 is 2.12 bits per heavy atom. The molecular formula is C19H18N2O3S. The second-order valence-electron chi connectivity index (χ2n) is 6.21. The summed E-state index contributed by atoms with van der Waals surface area (Å²) in [4.78, 5) is 25.4. The van der Waals surface area contributed by atoms with Crippen LogP contribution in [0.2, 0.25) is 0 Å². The maximum atomic E-state index is 12.3. The highest BCUT2D eigenvalue weighted by Crippen LogP contribution is 2.33. The largest absolute Gasteiger partial charge is 0.452 e. The summed E-state index contributed by atoms with van der Waals surface area (Å²) >= 11 is 1.60. The lowest BCUT2D eigenvalue weighted by Crippen LogP contribution is -2.21. The third-order valence-corrected chi connectivity index (χ3v) is 5.30. The Morgan fingerprint density at radius 3 is 2.84 bits per heavy atom. The molecule has 2 aromatic rings. The first-order chi connectivity index (χ1) is 12.1. The fourth-order valence-electron chi connectivity index (χ4n) is 2.88. The first kappa shape index (κ1) is 17.2. The van der Waals surface area contributed by atoms with Gasteiger partial charge in [-0.15, -0.1) is 11.3 Å². The minimum atomic E-state index is -0.443. The zero-order valence-corrected chi connectivity index (χ0v) is 14.7. The number of rotatable bonds is 4. The highest BCUT2D eigenvalue weighted by Gasteiger charge is 2.24. The van der Waals surface area contributed by atoms with Gasteiger partial charge in [0.1, 0.15) is 0 Å². The lowest BCUT2D eigenvalue weighted by Gasteiger charge is -2.18. The Labute approximate surface area is 150 Å². The molecule has 1 unspecified atom stereocenters. The Bertz CT molecular complexity index is 833. The SMILES string of the molecule is CC1CCc2c(C(=O)OCC(=O)Nc3ccc(C#N)cc3)csc2C1. The number of amides is 1. The molecule has 1 aliphatic carbocycles. The average Bonchev–Trinajstić information content (AvgIpc) is 3.03. The number of esters is 1. The molecule has 0 spiro atoms. The number of thiophene rings is 1. The smallest absolute Gasteiger partial charge is 0.339 e. The normalized spacial score (nSPS) is 15.8. The average molecular weight is 354 g/mol. The van der Waals surface area contributed by atoms with E-state index in [1.54, 1.807) is 35.6 Å². The molecular weight excluding hydrogens is 336 g/mol. The van der Waals surface area contributed by atoms with Crippen LogP contribution in [0, 0.1) is 17.2 Å². The van der Waals surface area contributed by atoms with Gasteiger partial charge in [0, 0.05) is 15.9 Å². The zero-order chi connectivity index (χ0) is 17.8. The number of nitrogens with zero attached hydrogens (tertiary/aromatic N) is 1. The van der Waals surface area contributed by atoms with Crippen LogP contribution in [0.3, 0.4) is 0 Å². The van der Waals surface area contributed by atoms with Gasteiger partial charge in [-0.05, 0) is 55.0 Å². The molecule has 0 radical (unpaired) electrons. The lowest BCUT2D eigenvalue weighted by atomic mass is 9.88. The molecule has 128 valence electrons. The van der Waals surface area contributed by atoms with Gasteiger partial charge in [0.15, 0.2) is 6.61 Å². The van der Waals surface area contributed by atoms with Crippen molar-refractivity contribution in [3.05, 3.63) is 51.2 Å². The molecule has 1 heterocycles. The molecule has 1 N–H and O–H groups in total. The molecule has 0 saturated heterocycles. The molecule has 0 saturated carbocycles. The highest BCUT2D eigenvalue weighted by molar-refractivity contribution is 7.10. The van der Waals surface area contributed by atoms with Crippen molar-refractivity contribution >= 4 is 28.9 Å². The monoisotopic (exact) mass is 354 g/mol. The van der Waals surface area contributed by atoms with Gasteiger partial charge in [-0.2, -0.15) is 5.26 Å². The van der Waals surface area contributed by atoms with Crippen molar-refractivity contribution in [3.8, 4) is 6.07 Å². The second kappa shape index (κ2) is 7.49. The number of nitrogens with one attached hydrogen (secondary N) is 1. The van der Waals surface area contributed by atoms with E-state index in [-0.39, 0.29) is 6.61 Å². The van der Waals surface area contributed by atoms with Crippen LogP contribution in [-0.4, -0.2) is 18.5 Å².